The van der Waals surface area contributed by atoms with Crippen LogP contribution in [-0.2, 0) is 11.8 Å². The van der Waals surface area contributed by atoms with E-state index in [9.17, 15) is 4.53 Å². The summed E-state index contributed by atoms with van der Waals surface area (Å²) in [5, 5.41) is 0. The Morgan fingerprint density at radius 1 is 1.28 bits per heavy atom. The maximum absolute atomic E-state index is 12.4. The molecule has 0 saturated heterocycles. The summed E-state index contributed by atoms with van der Waals surface area (Å²) in [6, 6.07) is 3.72. The molecule has 102 valence electrons. The minimum Gasteiger partial charge on any atom is -0.294 e. The molecule has 0 aliphatic heterocycles. The largest absolute Gasteiger partial charge is 0.294 e. The van der Waals surface area contributed by atoms with E-state index in [1.807, 2.05) is 19.9 Å². The van der Waals surface area contributed by atoms with Gasteiger partial charge in [0.1, 0.15) is 0 Å². The van der Waals surface area contributed by atoms with Gasteiger partial charge in [-0.15, -0.1) is 0 Å². The second-order valence-corrected chi connectivity index (χ2v) is 4.93. The van der Waals surface area contributed by atoms with Crippen LogP contribution in [0.15, 0.2) is 18.7 Å². The summed E-state index contributed by atoms with van der Waals surface area (Å²) in [5.41, 5.74) is 3.07. The van der Waals surface area contributed by atoms with Gasteiger partial charge >= 0.3 is 0 Å². The van der Waals surface area contributed by atoms with Crippen molar-refractivity contribution >= 4 is 6.08 Å². The van der Waals surface area contributed by atoms with Gasteiger partial charge in [0.05, 0.1) is 0 Å². The number of hydrogen-bond donors (Lipinski definition) is 0. The van der Waals surface area contributed by atoms with Crippen LogP contribution in [0.4, 0.5) is 4.53 Å². The van der Waals surface area contributed by atoms with Crippen molar-refractivity contribution in [1.82, 2.24) is 0 Å². The highest BCUT2D eigenvalue weighted by Gasteiger charge is 2.19. The van der Waals surface area contributed by atoms with Crippen molar-refractivity contribution < 1.29 is 9.47 Å². The predicted octanol–water partition coefficient (Wildman–Crippen LogP) is 5.48. The summed E-state index contributed by atoms with van der Waals surface area (Å²) < 4.78 is 12.4. The van der Waals surface area contributed by atoms with Gasteiger partial charge in [-0.05, 0) is 35.1 Å². The van der Waals surface area contributed by atoms with E-state index in [0.717, 1.165) is 12.0 Å². The summed E-state index contributed by atoms with van der Waals surface area (Å²) in [6.07, 6.45) is 2.48. The fourth-order valence-corrected chi connectivity index (χ4v) is 1.86. The maximum atomic E-state index is 12.4. The number of aryl methyl sites for hydroxylation is 1. The standard InChI is InChI=1S/C14H19FO.C2H6/c1-6-10-9-13(16-15)11(7-2)8-12(10)14(3,4)5;1-2/h7-9H,2,6H2,1,3-5H3;1-2H3. The van der Waals surface area contributed by atoms with Gasteiger partial charge in [-0.25, -0.2) is 0 Å². The molecule has 0 saturated carbocycles. The summed E-state index contributed by atoms with van der Waals surface area (Å²) in [5.74, 6) is 0.250. The SMILES string of the molecule is C=Cc1cc(C(C)(C)C)c(CC)cc1OF.CC. The molecular formula is C16H25FO. The van der Waals surface area contributed by atoms with Crippen LogP contribution in [-0.4, -0.2) is 0 Å². The molecule has 0 amide bonds. The van der Waals surface area contributed by atoms with Crippen molar-refractivity contribution in [3.8, 4) is 5.75 Å². The molecule has 0 aliphatic rings. The van der Waals surface area contributed by atoms with Gasteiger partial charge in [0.2, 0.25) is 0 Å². The molecule has 0 aromatic heterocycles. The molecule has 1 aromatic rings. The van der Waals surface area contributed by atoms with E-state index in [2.05, 4.69) is 39.2 Å². The second kappa shape index (κ2) is 7.20. The Morgan fingerprint density at radius 3 is 2.17 bits per heavy atom. The van der Waals surface area contributed by atoms with Crippen molar-refractivity contribution in [2.75, 3.05) is 0 Å². The number of benzene rings is 1. The Morgan fingerprint density at radius 2 is 1.83 bits per heavy atom. The van der Waals surface area contributed by atoms with E-state index in [-0.39, 0.29) is 11.2 Å². The van der Waals surface area contributed by atoms with Crippen LogP contribution in [0.25, 0.3) is 6.08 Å². The van der Waals surface area contributed by atoms with E-state index in [1.165, 1.54) is 5.56 Å². The van der Waals surface area contributed by atoms with Gasteiger partial charge in [0.25, 0.3) is 0 Å². The lowest BCUT2D eigenvalue weighted by molar-refractivity contribution is -0.00657. The average Bonchev–Trinajstić information content (AvgIpc) is 2.38. The molecule has 1 rings (SSSR count). The Labute approximate surface area is 111 Å². The highest BCUT2D eigenvalue weighted by atomic mass is 19.3. The molecule has 2 heteroatoms. The monoisotopic (exact) mass is 252 g/mol. The van der Waals surface area contributed by atoms with Crippen molar-refractivity contribution in [2.45, 2.75) is 53.4 Å². The zero-order valence-electron chi connectivity index (χ0n) is 12.4. The molecule has 0 atom stereocenters. The van der Waals surface area contributed by atoms with Crippen LogP contribution in [0.1, 0.15) is 58.2 Å². The molecule has 1 nitrogen and oxygen atoms in total. The van der Waals surface area contributed by atoms with E-state index in [4.69, 9.17) is 0 Å². The van der Waals surface area contributed by atoms with Crippen LogP contribution in [0.2, 0.25) is 0 Å². The normalized spacial score (nSPS) is 10.4. The number of hydrogen-bond acceptors (Lipinski definition) is 1. The van der Waals surface area contributed by atoms with E-state index >= 15 is 0 Å². The summed E-state index contributed by atoms with van der Waals surface area (Å²) >= 11 is 0. The third-order valence-corrected chi connectivity index (χ3v) is 2.73. The molecule has 0 unspecified atom stereocenters. The van der Waals surface area contributed by atoms with Crippen molar-refractivity contribution in [2.24, 2.45) is 0 Å². The van der Waals surface area contributed by atoms with E-state index in [1.54, 1.807) is 12.1 Å². The maximum Gasteiger partial charge on any atom is 0.179 e. The molecule has 1 aromatic carbocycles. The number of rotatable bonds is 3. The van der Waals surface area contributed by atoms with Crippen LogP contribution in [0, 0.1) is 0 Å². The quantitative estimate of drug-likeness (QED) is 0.692. The fraction of sp³-hybridized carbons (Fsp3) is 0.500. The third kappa shape index (κ3) is 3.86. The molecule has 0 spiro atoms. The first-order valence-electron chi connectivity index (χ1n) is 6.52. The first kappa shape index (κ1) is 16.7. The Bertz CT molecular complexity index is 389. The second-order valence-electron chi connectivity index (χ2n) is 4.93. The van der Waals surface area contributed by atoms with E-state index < -0.39 is 0 Å². The zero-order valence-corrected chi connectivity index (χ0v) is 12.4. The molecule has 0 N–H and O–H groups in total. The smallest absolute Gasteiger partial charge is 0.179 e. The Kier molecular flexibility index (Phi) is 6.67. The molecular weight excluding hydrogens is 227 g/mol. The topological polar surface area (TPSA) is 9.23 Å². The summed E-state index contributed by atoms with van der Waals surface area (Å²) in [4.78, 5) is 3.88. The molecule has 18 heavy (non-hydrogen) atoms. The Balaban J connectivity index is 0.00000137. The van der Waals surface area contributed by atoms with Gasteiger partial charge in [0.15, 0.2) is 5.75 Å². The average molecular weight is 252 g/mol. The molecule has 0 aliphatic carbocycles. The fourth-order valence-electron chi connectivity index (χ4n) is 1.86. The lowest BCUT2D eigenvalue weighted by Gasteiger charge is -2.23. The highest BCUT2D eigenvalue weighted by Crippen LogP contribution is 2.32. The van der Waals surface area contributed by atoms with Gasteiger partial charge in [-0.1, -0.05) is 54.2 Å². The van der Waals surface area contributed by atoms with Gasteiger partial charge in [-0.3, -0.25) is 4.94 Å². The van der Waals surface area contributed by atoms with Crippen molar-refractivity contribution in [3.05, 3.63) is 35.4 Å². The summed E-state index contributed by atoms with van der Waals surface area (Å²) in [6.45, 7) is 16.2. The van der Waals surface area contributed by atoms with Crippen LogP contribution in [0.3, 0.4) is 0 Å². The molecule has 0 radical (unpaired) electrons. The van der Waals surface area contributed by atoms with Crippen LogP contribution >= 0.6 is 0 Å². The van der Waals surface area contributed by atoms with Crippen molar-refractivity contribution in [3.63, 3.8) is 0 Å². The predicted molar refractivity (Wildman–Crippen MR) is 77.7 cm³/mol. The highest BCUT2D eigenvalue weighted by molar-refractivity contribution is 5.59. The van der Waals surface area contributed by atoms with Gasteiger partial charge in [-0.2, -0.15) is 0 Å². The minimum absolute atomic E-state index is 0.0396. The number of halogens is 1. The summed E-state index contributed by atoms with van der Waals surface area (Å²) in [7, 11) is 0. The third-order valence-electron chi connectivity index (χ3n) is 2.73. The first-order valence-corrected chi connectivity index (χ1v) is 6.52. The minimum atomic E-state index is 0.0396. The first-order chi connectivity index (χ1) is 8.43. The zero-order chi connectivity index (χ0) is 14.3. The van der Waals surface area contributed by atoms with Crippen LogP contribution < -0.4 is 4.94 Å². The molecule has 0 bridgehead atoms. The molecule has 0 fully saturated rings. The lowest BCUT2D eigenvalue weighted by Crippen LogP contribution is -2.14. The van der Waals surface area contributed by atoms with Crippen LogP contribution in [0.5, 0.6) is 5.75 Å². The van der Waals surface area contributed by atoms with Crippen molar-refractivity contribution in [1.29, 1.82) is 0 Å². The van der Waals surface area contributed by atoms with Gasteiger partial charge in [0, 0.05) is 10.1 Å². The molecule has 0 heterocycles. The Hall–Kier alpha value is -1.31. The lowest BCUT2D eigenvalue weighted by atomic mass is 9.82. The van der Waals surface area contributed by atoms with E-state index in [0.29, 0.717) is 5.56 Å². The van der Waals surface area contributed by atoms with Gasteiger partial charge < -0.3 is 0 Å².